The lowest BCUT2D eigenvalue weighted by atomic mass is 9.70. The van der Waals surface area contributed by atoms with Gasteiger partial charge in [-0.3, -0.25) is 0 Å². The molecular formula is C20H31NO4. The van der Waals surface area contributed by atoms with Gasteiger partial charge >= 0.3 is 5.97 Å². The first kappa shape index (κ1) is 19.9. The molecule has 5 nitrogen and oxygen atoms in total. The van der Waals surface area contributed by atoms with E-state index in [1.165, 1.54) is 6.42 Å². The number of carbonyl (C=O) groups is 2. The maximum absolute atomic E-state index is 11.4. The molecule has 0 aromatic carbocycles. The fraction of sp³-hybridized carbons (Fsp3) is 0.700. The van der Waals surface area contributed by atoms with Gasteiger partial charge in [0.05, 0.1) is 0 Å². The van der Waals surface area contributed by atoms with E-state index in [0.29, 0.717) is 24.3 Å². The van der Waals surface area contributed by atoms with Gasteiger partial charge in [0.15, 0.2) is 0 Å². The highest BCUT2D eigenvalue weighted by Gasteiger charge is 2.41. The van der Waals surface area contributed by atoms with Crippen molar-refractivity contribution in [3.8, 4) is 0 Å². The minimum absolute atomic E-state index is 0.117. The number of esters is 1. The van der Waals surface area contributed by atoms with E-state index >= 15 is 0 Å². The molecule has 2 fully saturated rings. The highest BCUT2D eigenvalue weighted by molar-refractivity contribution is 5.75. The largest absolute Gasteiger partial charge is 0.459 e. The molecule has 2 N–H and O–H groups in total. The van der Waals surface area contributed by atoms with E-state index in [1.807, 2.05) is 19.1 Å². The van der Waals surface area contributed by atoms with Gasteiger partial charge in [-0.2, -0.15) is 0 Å². The van der Waals surface area contributed by atoms with Crippen molar-refractivity contribution in [3.05, 3.63) is 24.3 Å². The first-order valence-electron chi connectivity index (χ1n) is 9.40. The Hall–Kier alpha value is -1.46. The maximum atomic E-state index is 11.4. The average Bonchev–Trinajstić information content (AvgIpc) is 2.58. The molecule has 25 heavy (non-hydrogen) atoms. The molecule has 1 saturated heterocycles. The molecule has 5 atom stereocenters. The Bertz CT molecular complexity index is 514. The molecule has 1 saturated carbocycles. The SMILES string of the molecule is CC(=O)CCC=CC=CC1CCCC2NC(C)C(OC(=O)CO)CC12. The number of ether oxygens (including phenoxy) is 1. The number of fused-ring (bicyclic) bond motifs is 1. The maximum Gasteiger partial charge on any atom is 0.332 e. The molecule has 1 heterocycles. The van der Waals surface area contributed by atoms with Crippen molar-refractivity contribution in [3.63, 3.8) is 0 Å². The number of ketones is 1. The zero-order valence-electron chi connectivity index (χ0n) is 15.3. The number of hydrogen-bond donors (Lipinski definition) is 2. The Morgan fingerprint density at radius 3 is 2.80 bits per heavy atom. The lowest BCUT2D eigenvalue weighted by Crippen LogP contribution is -2.57. The Balaban J connectivity index is 1.92. The van der Waals surface area contributed by atoms with Crippen molar-refractivity contribution >= 4 is 11.8 Å². The molecule has 0 radical (unpaired) electrons. The summed E-state index contributed by atoms with van der Waals surface area (Å²) in [5.74, 6) is 0.581. The zero-order chi connectivity index (χ0) is 18.2. The summed E-state index contributed by atoms with van der Waals surface area (Å²) in [4.78, 5) is 22.4. The zero-order valence-corrected chi connectivity index (χ0v) is 15.3. The van der Waals surface area contributed by atoms with Crippen molar-refractivity contribution in [2.45, 2.75) is 70.6 Å². The number of rotatable bonds is 7. The molecule has 0 bridgehead atoms. The van der Waals surface area contributed by atoms with E-state index in [9.17, 15) is 9.59 Å². The summed E-state index contributed by atoms with van der Waals surface area (Å²) < 4.78 is 5.41. The number of Topliss-reactive ketones (excluding diaryl/α,β-unsaturated/α-hetero) is 1. The van der Waals surface area contributed by atoms with E-state index in [2.05, 4.69) is 17.5 Å². The van der Waals surface area contributed by atoms with Crippen LogP contribution < -0.4 is 5.32 Å². The van der Waals surface area contributed by atoms with Crippen LogP contribution in [0.4, 0.5) is 0 Å². The Labute approximate surface area is 150 Å². The minimum Gasteiger partial charge on any atom is -0.459 e. The van der Waals surface area contributed by atoms with Gasteiger partial charge in [-0.25, -0.2) is 4.79 Å². The van der Waals surface area contributed by atoms with Crippen LogP contribution in [0, 0.1) is 11.8 Å². The number of carbonyl (C=O) groups excluding carboxylic acids is 2. The number of aliphatic hydroxyl groups is 1. The molecule has 0 aromatic rings. The number of nitrogens with one attached hydrogen (secondary N) is 1. The van der Waals surface area contributed by atoms with Crippen LogP contribution in [0.3, 0.4) is 0 Å². The molecule has 1 aliphatic heterocycles. The number of piperidine rings is 1. The van der Waals surface area contributed by atoms with E-state index in [0.717, 1.165) is 25.7 Å². The normalized spacial score (nSPS) is 32.7. The van der Waals surface area contributed by atoms with Crippen LogP contribution in [0.25, 0.3) is 0 Å². The van der Waals surface area contributed by atoms with Gasteiger partial charge in [-0.1, -0.05) is 30.7 Å². The third-order valence-corrected chi connectivity index (χ3v) is 5.34. The van der Waals surface area contributed by atoms with Gasteiger partial charge in [-0.15, -0.1) is 0 Å². The third kappa shape index (κ3) is 6.08. The minimum atomic E-state index is -0.564. The molecule has 5 unspecified atom stereocenters. The van der Waals surface area contributed by atoms with Gasteiger partial charge in [0, 0.05) is 18.5 Å². The number of allylic oxidation sites excluding steroid dienone is 4. The molecule has 1 aliphatic carbocycles. The number of hydrogen-bond acceptors (Lipinski definition) is 5. The van der Waals surface area contributed by atoms with Gasteiger partial charge in [0.25, 0.3) is 0 Å². The van der Waals surface area contributed by atoms with Gasteiger partial charge < -0.3 is 20.0 Å². The van der Waals surface area contributed by atoms with E-state index in [-0.39, 0.29) is 17.9 Å². The summed E-state index contributed by atoms with van der Waals surface area (Å²) in [6.07, 6.45) is 13.9. The van der Waals surface area contributed by atoms with Gasteiger partial charge in [0.2, 0.25) is 0 Å². The van der Waals surface area contributed by atoms with E-state index in [1.54, 1.807) is 6.92 Å². The van der Waals surface area contributed by atoms with Crippen LogP contribution in [-0.4, -0.2) is 41.7 Å². The molecule has 0 amide bonds. The molecule has 2 rings (SSSR count). The van der Waals surface area contributed by atoms with E-state index in [4.69, 9.17) is 9.84 Å². The molecule has 5 heteroatoms. The quantitative estimate of drug-likeness (QED) is 0.546. The van der Waals surface area contributed by atoms with Crippen LogP contribution in [0.1, 0.15) is 52.4 Å². The fourth-order valence-corrected chi connectivity index (χ4v) is 4.03. The summed E-state index contributed by atoms with van der Waals surface area (Å²) in [6.45, 7) is 3.09. The van der Waals surface area contributed by atoms with Crippen molar-refractivity contribution in [1.82, 2.24) is 5.32 Å². The molecule has 140 valence electrons. The fourth-order valence-electron chi connectivity index (χ4n) is 4.03. The predicted molar refractivity (Wildman–Crippen MR) is 97.0 cm³/mol. The topological polar surface area (TPSA) is 75.6 Å². The smallest absolute Gasteiger partial charge is 0.332 e. The summed E-state index contributed by atoms with van der Waals surface area (Å²) in [5.41, 5.74) is 0. The van der Waals surface area contributed by atoms with Gasteiger partial charge in [0.1, 0.15) is 18.5 Å². The second-order valence-corrected chi connectivity index (χ2v) is 7.30. The Morgan fingerprint density at radius 1 is 1.28 bits per heavy atom. The Kier molecular flexibility index (Phi) is 7.85. The van der Waals surface area contributed by atoms with Crippen LogP contribution in [0.5, 0.6) is 0 Å². The van der Waals surface area contributed by atoms with Crippen molar-refractivity contribution in [2.75, 3.05) is 6.61 Å². The second kappa shape index (κ2) is 9.88. The standard InChI is InChI=1S/C20H31NO4/c1-14(23)8-5-3-4-6-9-16-10-7-11-18-17(16)12-19(15(2)21-18)25-20(24)13-22/h3-4,6,9,15-19,21-22H,5,7-8,10-13H2,1-2H3. The predicted octanol–water partition coefficient (Wildman–Crippen LogP) is 2.54. The Morgan fingerprint density at radius 2 is 2.08 bits per heavy atom. The highest BCUT2D eigenvalue weighted by Crippen LogP contribution is 2.38. The van der Waals surface area contributed by atoms with Crippen LogP contribution in [0.2, 0.25) is 0 Å². The second-order valence-electron chi connectivity index (χ2n) is 7.30. The van der Waals surface area contributed by atoms with Crippen LogP contribution in [0.15, 0.2) is 24.3 Å². The highest BCUT2D eigenvalue weighted by atomic mass is 16.6. The van der Waals surface area contributed by atoms with Gasteiger partial charge in [-0.05, 0) is 51.4 Å². The third-order valence-electron chi connectivity index (χ3n) is 5.34. The molecular weight excluding hydrogens is 318 g/mol. The first-order valence-corrected chi connectivity index (χ1v) is 9.40. The van der Waals surface area contributed by atoms with Crippen molar-refractivity contribution in [1.29, 1.82) is 0 Å². The summed E-state index contributed by atoms with van der Waals surface area (Å²) in [7, 11) is 0. The monoisotopic (exact) mass is 349 g/mol. The molecule has 0 aromatic heterocycles. The lowest BCUT2D eigenvalue weighted by molar-refractivity contribution is -0.157. The summed E-state index contributed by atoms with van der Waals surface area (Å²) >= 11 is 0. The van der Waals surface area contributed by atoms with Crippen molar-refractivity contribution in [2.24, 2.45) is 11.8 Å². The van der Waals surface area contributed by atoms with Crippen molar-refractivity contribution < 1.29 is 19.4 Å². The lowest BCUT2D eigenvalue weighted by Gasteiger charge is -2.46. The first-order chi connectivity index (χ1) is 12.0. The summed E-state index contributed by atoms with van der Waals surface area (Å²) in [5, 5.41) is 12.5. The number of aliphatic hydroxyl groups excluding tert-OH is 1. The van der Waals surface area contributed by atoms with E-state index < -0.39 is 12.6 Å². The van der Waals surface area contributed by atoms with Crippen LogP contribution >= 0.6 is 0 Å². The summed E-state index contributed by atoms with van der Waals surface area (Å²) in [6, 6.07) is 0.579. The average molecular weight is 349 g/mol. The molecule has 2 aliphatic rings. The van der Waals surface area contributed by atoms with Crippen LogP contribution in [-0.2, 0) is 14.3 Å². The molecule has 0 spiro atoms.